The summed E-state index contributed by atoms with van der Waals surface area (Å²) in [6.07, 6.45) is 12.6. The minimum absolute atomic E-state index is 0.0170. The molecule has 4 bridgehead atoms. The van der Waals surface area contributed by atoms with Crippen molar-refractivity contribution >= 4 is 17.5 Å². The largest absolute Gasteiger partial charge is 0.347 e. The van der Waals surface area contributed by atoms with Crippen LogP contribution in [0, 0.1) is 29.6 Å². The molecule has 1 amide bonds. The first-order chi connectivity index (χ1) is 10.5. The summed E-state index contributed by atoms with van der Waals surface area (Å²) in [7, 11) is 0. The zero-order valence-electron chi connectivity index (χ0n) is 12.6. The van der Waals surface area contributed by atoms with Gasteiger partial charge in [0, 0.05) is 21.5 Å². The van der Waals surface area contributed by atoms with Gasteiger partial charge in [0.15, 0.2) is 0 Å². The molecule has 0 aliphatic heterocycles. The maximum Gasteiger partial charge on any atom is 0.251 e. The van der Waals surface area contributed by atoms with Gasteiger partial charge in [-0.05, 0) is 68.6 Å². The maximum atomic E-state index is 12.7. The maximum absolute atomic E-state index is 12.7. The van der Waals surface area contributed by atoms with Crippen LogP contribution in [0.15, 0.2) is 24.3 Å². The standard InChI is InChI=1S/C19H20ClNO/c1-2-18-8-13-6-14(9-18)11-19(10-13,12-18)21-17(22)15-4-3-5-16(20)7-15/h1,3-5,7,13-14H,6,8-12H2,(H,21,22). The Morgan fingerprint density at radius 1 is 1.27 bits per heavy atom. The highest BCUT2D eigenvalue weighted by molar-refractivity contribution is 6.30. The van der Waals surface area contributed by atoms with Crippen LogP contribution < -0.4 is 5.32 Å². The molecule has 4 fully saturated rings. The lowest BCUT2D eigenvalue weighted by molar-refractivity contribution is -0.0483. The molecule has 114 valence electrons. The first kappa shape index (κ1) is 14.2. The Bertz CT molecular complexity index is 660. The number of carbonyl (C=O) groups is 1. The Morgan fingerprint density at radius 2 is 2.00 bits per heavy atom. The average Bonchev–Trinajstić information content (AvgIpc) is 2.45. The molecule has 1 aromatic rings. The molecular weight excluding hydrogens is 294 g/mol. The second-order valence-electron chi connectivity index (χ2n) is 7.63. The third-order valence-corrected chi connectivity index (χ3v) is 6.07. The predicted octanol–water partition coefficient (Wildman–Crippen LogP) is 4.04. The van der Waals surface area contributed by atoms with Gasteiger partial charge in [0.25, 0.3) is 5.91 Å². The van der Waals surface area contributed by atoms with Gasteiger partial charge in [-0.1, -0.05) is 23.6 Å². The second-order valence-corrected chi connectivity index (χ2v) is 8.07. The van der Waals surface area contributed by atoms with Gasteiger partial charge < -0.3 is 5.32 Å². The van der Waals surface area contributed by atoms with Gasteiger partial charge in [-0.15, -0.1) is 6.42 Å². The van der Waals surface area contributed by atoms with E-state index >= 15 is 0 Å². The van der Waals surface area contributed by atoms with Crippen molar-refractivity contribution in [1.82, 2.24) is 5.32 Å². The number of benzene rings is 1. The summed E-state index contributed by atoms with van der Waals surface area (Å²) in [5.74, 6) is 4.42. The molecule has 5 rings (SSSR count). The minimum Gasteiger partial charge on any atom is -0.347 e. The molecule has 0 heterocycles. The van der Waals surface area contributed by atoms with Crippen LogP contribution in [-0.4, -0.2) is 11.4 Å². The molecule has 0 aromatic heterocycles. The van der Waals surface area contributed by atoms with Gasteiger partial charge in [0.2, 0.25) is 0 Å². The summed E-state index contributed by atoms with van der Waals surface area (Å²) in [6, 6.07) is 7.16. The Kier molecular flexibility index (Phi) is 3.07. The molecular formula is C19H20ClNO. The van der Waals surface area contributed by atoms with Gasteiger partial charge in [-0.2, -0.15) is 0 Å². The van der Waals surface area contributed by atoms with Gasteiger partial charge in [0.05, 0.1) is 0 Å². The minimum atomic E-state index is -0.101. The predicted molar refractivity (Wildman–Crippen MR) is 87.6 cm³/mol. The van der Waals surface area contributed by atoms with Gasteiger partial charge in [-0.25, -0.2) is 0 Å². The van der Waals surface area contributed by atoms with Crippen LogP contribution in [0.1, 0.15) is 48.9 Å². The lowest BCUT2D eigenvalue weighted by Crippen LogP contribution is -2.62. The number of nitrogens with one attached hydrogen (secondary N) is 1. The first-order valence-corrected chi connectivity index (χ1v) is 8.45. The number of halogens is 1. The monoisotopic (exact) mass is 313 g/mol. The van der Waals surface area contributed by atoms with E-state index in [0.29, 0.717) is 22.4 Å². The molecule has 2 atom stereocenters. The molecule has 2 unspecified atom stereocenters. The summed E-state index contributed by atoms with van der Waals surface area (Å²) >= 11 is 6.00. The van der Waals surface area contributed by atoms with E-state index in [4.69, 9.17) is 18.0 Å². The average molecular weight is 314 g/mol. The van der Waals surface area contributed by atoms with Crippen LogP contribution in [0.25, 0.3) is 0 Å². The SMILES string of the molecule is C#CC12CC3CC(C1)CC(NC(=O)c1cccc(Cl)c1)(C3)C2. The quantitative estimate of drug-likeness (QED) is 0.820. The molecule has 4 aliphatic carbocycles. The van der Waals surface area contributed by atoms with Crippen LogP contribution in [-0.2, 0) is 0 Å². The fraction of sp³-hybridized carbons (Fsp3) is 0.526. The Labute approximate surface area is 136 Å². The van der Waals surface area contributed by atoms with E-state index in [2.05, 4.69) is 11.2 Å². The number of rotatable bonds is 2. The van der Waals surface area contributed by atoms with E-state index in [1.165, 1.54) is 6.42 Å². The smallest absolute Gasteiger partial charge is 0.251 e. The first-order valence-electron chi connectivity index (χ1n) is 8.07. The summed E-state index contributed by atoms with van der Waals surface area (Å²) in [5, 5.41) is 3.93. The van der Waals surface area contributed by atoms with Crippen LogP contribution in [0.2, 0.25) is 5.02 Å². The van der Waals surface area contributed by atoms with Crippen molar-refractivity contribution in [3.63, 3.8) is 0 Å². The van der Waals surface area contributed by atoms with Crippen molar-refractivity contribution in [1.29, 1.82) is 0 Å². The Hall–Kier alpha value is -1.46. The number of terminal acetylenes is 1. The zero-order valence-corrected chi connectivity index (χ0v) is 13.3. The van der Waals surface area contributed by atoms with Crippen molar-refractivity contribution in [3.05, 3.63) is 34.9 Å². The normalized spacial score (nSPS) is 38.5. The summed E-state index contributed by atoms with van der Waals surface area (Å²) in [6.45, 7) is 0. The highest BCUT2D eigenvalue weighted by Crippen LogP contribution is 2.61. The van der Waals surface area contributed by atoms with Crippen molar-refractivity contribution in [2.45, 2.75) is 44.1 Å². The van der Waals surface area contributed by atoms with Crippen molar-refractivity contribution < 1.29 is 4.79 Å². The third kappa shape index (κ3) is 2.23. The van der Waals surface area contributed by atoms with E-state index in [1.54, 1.807) is 12.1 Å². The molecule has 4 saturated carbocycles. The lowest BCUT2D eigenvalue weighted by atomic mass is 9.47. The lowest BCUT2D eigenvalue weighted by Gasteiger charge is -2.60. The molecule has 0 spiro atoms. The van der Waals surface area contributed by atoms with Crippen LogP contribution in [0.3, 0.4) is 0 Å². The van der Waals surface area contributed by atoms with Gasteiger partial charge in [-0.3, -0.25) is 4.79 Å². The van der Waals surface area contributed by atoms with E-state index in [-0.39, 0.29) is 16.9 Å². The molecule has 4 aliphatic rings. The van der Waals surface area contributed by atoms with Gasteiger partial charge in [0.1, 0.15) is 0 Å². The molecule has 1 N–H and O–H groups in total. The van der Waals surface area contributed by atoms with Crippen molar-refractivity contribution in [3.8, 4) is 12.3 Å². The van der Waals surface area contributed by atoms with Crippen molar-refractivity contribution in [2.75, 3.05) is 0 Å². The van der Waals surface area contributed by atoms with E-state index in [9.17, 15) is 4.79 Å². The van der Waals surface area contributed by atoms with Crippen LogP contribution >= 0.6 is 11.6 Å². The Balaban J connectivity index is 1.60. The van der Waals surface area contributed by atoms with Crippen LogP contribution in [0.5, 0.6) is 0 Å². The highest BCUT2D eigenvalue weighted by Gasteiger charge is 2.57. The molecule has 22 heavy (non-hydrogen) atoms. The molecule has 2 nitrogen and oxygen atoms in total. The zero-order chi connectivity index (χ0) is 15.4. The van der Waals surface area contributed by atoms with E-state index in [0.717, 1.165) is 32.1 Å². The summed E-state index contributed by atoms with van der Waals surface area (Å²) in [5.41, 5.74) is 0.555. The summed E-state index contributed by atoms with van der Waals surface area (Å²) in [4.78, 5) is 12.7. The van der Waals surface area contributed by atoms with E-state index in [1.807, 2.05) is 12.1 Å². The van der Waals surface area contributed by atoms with Crippen molar-refractivity contribution in [2.24, 2.45) is 17.3 Å². The molecule has 3 heteroatoms. The number of hydrogen-bond donors (Lipinski definition) is 1. The van der Waals surface area contributed by atoms with Crippen LogP contribution in [0.4, 0.5) is 0 Å². The molecule has 0 radical (unpaired) electrons. The summed E-state index contributed by atoms with van der Waals surface area (Å²) < 4.78 is 0. The molecule has 0 saturated heterocycles. The second kappa shape index (κ2) is 4.77. The Morgan fingerprint density at radius 3 is 2.64 bits per heavy atom. The highest BCUT2D eigenvalue weighted by atomic mass is 35.5. The number of carbonyl (C=O) groups excluding carboxylic acids is 1. The topological polar surface area (TPSA) is 29.1 Å². The fourth-order valence-electron chi connectivity index (χ4n) is 5.52. The fourth-order valence-corrected chi connectivity index (χ4v) is 5.71. The number of hydrogen-bond acceptors (Lipinski definition) is 1. The van der Waals surface area contributed by atoms with E-state index < -0.39 is 0 Å². The number of amides is 1. The molecule has 1 aromatic carbocycles. The third-order valence-electron chi connectivity index (χ3n) is 5.83. The van der Waals surface area contributed by atoms with Gasteiger partial charge >= 0.3 is 0 Å².